The molecular formula is C21H18Br3O4P. The molecular weight excluding hydrogens is 587 g/mol. The summed E-state index contributed by atoms with van der Waals surface area (Å²) < 4.78 is 31.5. The van der Waals surface area contributed by atoms with Gasteiger partial charge in [-0.1, -0.05) is 102 Å². The lowest BCUT2D eigenvalue weighted by Crippen LogP contribution is -2.10. The first-order valence-electron chi connectivity index (χ1n) is 8.69. The highest BCUT2D eigenvalue weighted by Gasteiger charge is 2.35. The van der Waals surface area contributed by atoms with E-state index in [0.717, 1.165) is 16.7 Å². The quantitative estimate of drug-likeness (QED) is 0.183. The summed E-state index contributed by atoms with van der Waals surface area (Å²) in [6, 6.07) is 21.9. The van der Waals surface area contributed by atoms with Crippen molar-refractivity contribution < 1.29 is 18.1 Å². The number of halogens is 3. The largest absolute Gasteiger partial charge is 0.647 e. The molecule has 152 valence electrons. The van der Waals surface area contributed by atoms with Crippen LogP contribution in [-0.4, -0.2) is 0 Å². The van der Waals surface area contributed by atoms with Crippen molar-refractivity contribution in [3.63, 3.8) is 0 Å². The van der Waals surface area contributed by atoms with E-state index in [0.29, 0.717) is 33.2 Å². The van der Waals surface area contributed by atoms with Crippen LogP contribution in [0.1, 0.15) is 16.7 Å². The average molecular weight is 605 g/mol. The van der Waals surface area contributed by atoms with E-state index in [9.17, 15) is 4.57 Å². The third-order valence-corrected chi connectivity index (χ3v) is 7.05. The molecule has 3 aromatic carbocycles. The van der Waals surface area contributed by atoms with E-state index in [1.165, 1.54) is 0 Å². The summed E-state index contributed by atoms with van der Waals surface area (Å²) in [5, 5.41) is 1.62. The predicted molar refractivity (Wildman–Crippen MR) is 127 cm³/mol. The van der Waals surface area contributed by atoms with Crippen molar-refractivity contribution in [1.82, 2.24) is 0 Å². The Kier molecular flexibility index (Phi) is 8.25. The average Bonchev–Trinajstić information content (AvgIpc) is 2.74. The second-order valence-corrected chi connectivity index (χ2v) is 9.07. The minimum absolute atomic E-state index is 0.431. The number of benzene rings is 3. The van der Waals surface area contributed by atoms with Gasteiger partial charge in [-0.15, -0.1) is 0 Å². The molecule has 0 atom stereocenters. The zero-order valence-corrected chi connectivity index (χ0v) is 20.9. The molecule has 0 saturated carbocycles. The van der Waals surface area contributed by atoms with E-state index in [1.807, 2.05) is 54.6 Å². The fraction of sp³-hybridized carbons (Fsp3) is 0.143. The first-order valence-corrected chi connectivity index (χ1v) is 13.5. The van der Waals surface area contributed by atoms with Crippen LogP contribution in [0.4, 0.5) is 0 Å². The van der Waals surface area contributed by atoms with Crippen LogP contribution in [0.3, 0.4) is 0 Å². The van der Waals surface area contributed by atoms with E-state index in [2.05, 4.69) is 47.8 Å². The molecule has 0 aliphatic rings. The van der Waals surface area contributed by atoms with Gasteiger partial charge in [-0.25, -0.2) is 0 Å². The second-order valence-electron chi connectivity index (χ2n) is 5.95. The lowest BCUT2D eigenvalue weighted by atomic mass is 10.2. The van der Waals surface area contributed by atoms with E-state index < -0.39 is 7.82 Å². The molecule has 0 amide bonds. The predicted octanol–water partition coefficient (Wildman–Crippen LogP) is 8.02. The first-order chi connectivity index (χ1) is 14.1. The van der Waals surface area contributed by atoms with Crippen molar-refractivity contribution in [1.29, 1.82) is 0 Å². The van der Waals surface area contributed by atoms with Crippen LogP contribution in [-0.2, 0) is 20.6 Å². The standard InChI is InChI=1S/C21H18Br3O4P/c22-13-16-7-1-4-10-19(16)26-29(25,27-20-11-5-2-8-17(20)14-23)28-21-12-6-3-9-18(21)15-24/h1-12H,13-15H2. The lowest BCUT2D eigenvalue weighted by Gasteiger charge is -2.22. The smallest absolute Gasteiger partial charge is 0.386 e. The molecule has 0 aliphatic heterocycles. The van der Waals surface area contributed by atoms with Crippen molar-refractivity contribution in [2.45, 2.75) is 16.0 Å². The van der Waals surface area contributed by atoms with E-state index >= 15 is 0 Å². The summed E-state index contributed by atoms with van der Waals surface area (Å²) in [6.45, 7) is 0. The maximum atomic E-state index is 13.8. The van der Waals surface area contributed by atoms with Gasteiger partial charge in [-0.2, -0.15) is 4.57 Å². The molecule has 0 heterocycles. The van der Waals surface area contributed by atoms with Gasteiger partial charge < -0.3 is 13.6 Å². The van der Waals surface area contributed by atoms with Crippen LogP contribution in [0.15, 0.2) is 72.8 Å². The molecule has 0 aliphatic carbocycles. The number of phosphoric acid groups is 1. The Morgan fingerprint density at radius 2 is 0.828 bits per heavy atom. The Labute approximate surface area is 195 Å². The molecule has 4 nitrogen and oxygen atoms in total. The zero-order chi connectivity index (χ0) is 20.7. The van der Waals surface area contributed by atoms with Crippen molar-refractivity contribution in [2.75, 3.05) is 0 Å². The number of hydrogen-bond acceptors (Lipinski definition) is 4. The second kappa shape index (κ2) is 10.7. The van der Waals surface area contributed by atoms with Crippen molar-refractivity contribution in [3.05, 3.63) is 89.5 Å². The van der Waals surface area contributed by atoms with Crippen molar-refractivity contribution in [2.24, 2.45) is 0 Å². The van der Waals surface area contributed by atoms with Gasteiger partial charge in [0.1, 0.15) is 17.2 Å². The summed E-state index contributed by atoms with van der Waals surface area (Å²) in [6.07, 6.45) is 0. The highest BCUT2D eigenvalue weighted by molar-refractivity contribution is 9.09. The summed E-state index contributed by atoms with van der Waals surface area (Å²) in [5.41, 5.74) is 2.51. The molecule has 3 aromatic rings. The number of phosphoric ester groups is 1. The maximum Gasteiger partial charge on any atom is 0.647 e. The van der Waals surface area contributed by atoms with Crippen LogP contribution in [0, 0.1) is 0 Å². The number of alkyl halides is 3. The summed E-state index contributed by atoms with van der Waals surface area (Å²) in [7, 11) is -4.07. The van der Waals surface area contributed by atoms with Crippen LogP contribution in [0.2, 0.25) is 0 Å². The highest BCUT2D eigenvalue weighted by atomic mass is 79.9. The minimum Gasteiger partial charge on any atom is -0.386 e. The fourth-order valence-electron chi connectivity index (χ4n) is 2.53. The zero-order valence-electron chi connectivity index (χ0n) is 15.3. The Hall–Kier alpha value is -1.27. The minimum atomic E-state index is -4.07. The van der Waals surface area contributed by atoms with Crippen LogP contribution < -0.4 is 13.6 Å². The van der Waals surface area contributed by atoms with Gasteiger partial charge in [0.05, 0.1) is 0 Å². The topological polar surface area (TPSA) is 44.8 Å². The van der Waals surface area contributed by atoms with Gasteiger partial charge in [0, 0.05) is 32.7 Å². The fourth-order valence-corrected chi connectivity index (χ4v) is 5.29. The van der Waals surface area contributed by atoms with Gasteiger partial charge in [0.25, 0.3) is 0 Å². The lowest BCUT2D eigenvalue weighted by molar-refractivity contribution is 0.296. The van der Waals surface area contributed by atoms with Gasteiger partial charge in [-0.3, -0.25) is 0 Å². The molecule has 0 spiro atoms. The van der Waals surface area contributed by atoms with Gasteiger partial charge in [0.2, 0.25) is 0 Å². The van der Waals surface area contributed by atoms with E-state index in [4.69, 9.17) is 13.6 Å². The first kappa shape index (κ1) is 22.4. The molecule has 8 heteroatoms. The number of para-hydroxylation sites is 3. The normalized spacial score (nSPS) is 11.1. The third-order valence-electron chi connectivity index (χ3n) is 3.98. The van der Waals surface area contributed by atoms with Crippen molar-refractivity contribution in [3.8, 4) is 17.2 Å². The van der Waals surface area contributed by atoms with Crippen LogP contribution in [0.25, 0.3) is 0 Å². The maximum absolute atomic E-state index is 13.8. The SMILES string of the molecule is O=P(Oc1ccccc1CBr)(Oc1ccccc1CBr)Oc1ccccc1CBr. The monoisotopic (exact) mass is 602 g/mol. The Bertz CT molecular complexity index is 885. The van der Waals surface area contributed by atoms with Gasteiger partial charge in [-0.05, 0) is 18.2 Å². The van der Waals surface area contributed by atoms with Gasteiger partial charge >= 0.3 is 7.82 Å². The Balaban J connectivity index is 2.01. The Morgan fingerprint density at radius 3 is 1.10 bits per heavy atom. The van der Waals surface area contributed by atoms with Crippen LogP contribution in [0.5, 0.6) is 17.2 Å². The molecule has 0 unspecified atom stereocenters. The molecule has 0 fully saturated rings. The summed E-state index contributed by atoms with van der Waals surface area (Å²) in [5.74, 6) is 1.29. The van der Waals surface area contributed by atoms with Crippen LogP contribution >= 0.6 is 55.6 Å². The molecule has 0 aromatic heterocycles. The molecule has 0 radical (unpaired) electrons. The third kappa shape index (κ3) is 5.88. The van der Waals surface area contributed by atoms with E-state index in [1.54, 1.807) is 18.2 Å². The molecule has 0 bridgehead atoms. The highest BCUT2D eigenvalue weighted by Crippen LogP contribution is 2.52. The number of hydrogen-bond donors (Lipinski definition) is 0. The van der Waals surface area contributed by atoms with E-state index in [-0.39, 0.29) is 0 Å². The molecule has 0 saturated heterocycles. The Morgan fingerprint density at radius 1 is 0.552 bits per heavy atom. The number of rotatable bonds is 9. The van der Waals surface area contributed by atoms with Gasteiger partial charge in [0.15, 0.2) is 0 Å². The molecule has 3 rings (SSSR count). The molecule has 29 heavy (non-hydrogen) atoms. The molecule has 0 N–H and O–H groups in total. The summed E-state index contributed by atoms with van der Waals surface area (Å²) >= 11 is 10.3. The van der Waals surface area contributed by atoms with Crippen molar-refractivity contribution >= 4 is 55.6 Å². The summed E-state index contributed by atoms with van der Waals surface area (Å²) in [4.78, 5) is 0.